The lowest BCUT2D eigenvalue weighted by Gasteiger charge is -2.51. The smallest absolute Gasteiger partial charge is 0.214 e. The lowest BCUT2D eigenvalue weighted by atomic mass is 9.75. The van der Waals surface area contributed by atoms with Crippen molar-refractivity contribution in [2.75, 3.05) is 32.5 Å². The van der Waals surface area contributed by atoms with Gasteiger partial charge in [-0.2, -0.15) is 4.31 Å². The third-order valence-electron chi connectivity index (χ3n) is 6.19. The van der Waals surface area contributed by atoms with Crippen LogP contribution in [0.25, 0.3) is 0 Å². The van der Waals surface area contributed by atoms with E-state index in [4.69, 9.17) is 4.74 Å². The van der Waals surface area contributed by atoms with E-state index in [1.54, 1.807) is 14.0 Å². The number of piperidine rings is 3. The topological polar surface area (TPSA) is 49.9 Å². The van der Waals surface area contributed by atoms with Crippen LogP contribution in [0, 0.1) is 5.92 Å². The van der Waals surface area contributed by atoms with E-state index in [0.29, 0.717) is 18.5 Å². The molecular weight excluding hydrogens is 324 g/mol. The third-order valence-corrected chi connectivity index (χ3v) is 8.03. The first kappa shape index (κ1) is 16.4. The first-order chi connectivity index (χ1) is 11.5. The standard InChI is InChI=1S/C18H26N2O3S/c1-3-24(21,22)20-12-16(14-5-4-6-15(11-14)23-2)18-17(20)13-7-9-19(18)10-8-13/h4-6,11,13,16-18H,3,7-10,12H2,1-2H3/t16-,17-,18-/m1/s1. The zero-order valence-corrected chi connectivity index (χ0v) is 15.2. The summed E-state index contributed by atoms with van der Waals surface area (Å²) in [6.07, 6.45) is 2.25. The Labute approximate surface area is 144 Å². The van der Waals surface area contributed by atoms with E-state index >= 15 is 0 Å². The molecule has 0 N–H and O–H groups in total. The number of hydrogen-bond donors (Lipinski definition) is 0. The maximum Gasteiger partial charge on any atom is 0.214 e. The monoisotopic (exact) mass is 350 g/mol. The van der Waals surface area contributed by atoms with Crippen LogP contribution in [0.5, 0.6) is 5.75 Å². The van der Waals surface area contributed by atoms with Crippen LogP contribution in [0.15, 0.2) is 24.3 Å². The van der Waals surface area contributed by atoms with Crippen LogP contribution in [0.4, 0.5) is 0 Å². The average molecular weight is 350 g/mol. The fraction of sp³-hybridized carbons (Fsp3) is 0.667. The van der Waals surface area contributed by atoms with Crippen LogP contribution < -0.4 is 4.74 Å². The first-order valence-corrected chi connectivity index (χ1v) is 10.5. The zero-order chi connectivity index (χ0) is 16.9. The van der Waals surface area contributed by atoms with Gasteiger partial charge in [-0.05, 0) is 56.5 Å². The number of rotatable bonds is 4. The SMILES string of the molecule is CCS(=O)(=O)N1C[C@H](c2cccc(OC)c2)[C@@H]2[C@H]1C1CCN2CC1. The molecule has 4 heterocycles. The van der Waals surface area contributed by atoms with Gasteiger partial charge in [-0.3, -0.25) is 4.90 Å². The molecule has 0 radical (unpaired) electrons. The van der Waals surface area contributed by atoms with Gasteiger partial charge in [0.2, 0.25) is 10.0 Å². The van der Waals surface area contributed by atoms with Gasteiger partial charge in [0.05, 0.1) is 12.9 Å². The average Bonchev–Trinajstić information content (AvgIpc) is 3.06. The second kappa shape index (κ2) is 6.00. The Kier molecular flexibility index (Phi) is 4.09. The zero-order valence-electron chi connectivity index (χ0n) is 14.4. The van der Waals surface area contributed by atoms with Gasteiger partial charge in [-0.1, -0.05) is 12.1 Å². The summed E-state index contributed by atoms with van der Waals surface area (Å²) in [7, 11) is -1.49. The molecule has 4 aliphatic heterocycles. The summed E-state index contributed by atoms with van der Waals surface area (Å²) in [6.45, 7) is 4.56. The summed E-state index contributed by atoms with van der Waals surface area (Å²) in [4.78, 5) is 2.53. The molecule has 4 aliphatic rings. The number of sulfonamides is 1. The molecule has 0 aliphatic carbocycles. The van der Waals surface area contributed by atoms with Crippen LogP contribution in [0.2, 0.25) is 0 Å². The second-order valence-corrected chi connectivity index (χ2v) is 9.42. The first-order valence-electron chi connectivity index (χ1n) is 8.92. The predicted molar refractivity (Wildman–Crippen MR) is 93.8 cm³/mol. The molecule has 4 fully saturated rings. The molecule has 0 saturated carbocycles. The Morgan fingerprint density at radius 3 is 2.62 bits per heavy atom. The Morgan fingerprint density at radius 2 is 1.96 bits per heavy atom. The highest BCUT2D eigenvalue weighted by Crippen LogP contribution is 2.47. The highest BCUT2D eigenvalue weighted by Gasteiger charge is 2.56. The lowest BCUT2D eigenvalue weighted by Crippen LogP contribution is -2.60. The summed E-state index contributed by atoms with van der Waals surface area (Å²) in [6, 6.07) is 8.61. The maximum atomic E-state index is 12.7. The summed E-state index contributed by atoms with van der Waals surface area (Å²) < 4.78 is 32.6. The highest BCUT2D eigenvalue weighted by atomic mass is 32.2. The lowest BCUT2D eigenvalue weighted by molar-refractivity contribution is 0.0123. The van der Waals surface area contributed by atoms with Crippen LogP contribution in [-0.2, 0) is 10.0 Å². The molecule has 4 saturated heterocycles. The maximum absolute atomic E-state index is 12.7. The number of methoxy groups -OCH3 is 1. The van der Waals surface area contributed by atoms with Gasteiger partial charge in [0.25, 0.3) is 0 Å². The number of nitrogens with zero attached hydrogens (tertiary/aromatic N) is 2. The highest BCUT2D eigenvalue weighted by molar-refractivity contribution is 7.89. The van der Waals surface area contributed by atoms with Gasteiger partial charge in [0.15, 0.2) is 0 Å². The molecule has 0 spiro atoms. The second-order valence-electron chi connectivity index (χ2n) is 7.21. The molecule has 132 valence electrons. The summed E-state index contributed by atoms with van der Waals surface area (Å²) >= 11 is 0. The van der Waals surface area contributed by atoms with E-state index in [1.807, 2.05) is 16.4 Å². The van der Waals surface area contributed by atoms with Crippen molar-refractivity contribution in [3.63, 3.8) is 0 Å². The fourth-order valence-corrected chi connectivity index (χ4v) is 6.40. The van der Waals surface area contributed by atoms with Crippen LogP contribution >= 0.6 is 0 Å². The molecule has 5 rings (SSSR count). The van der Waals surface area contributed by atoms with Crippen molar-refractivity contribution in [2.45, 2.75) is 37.8 Å². The predicted octanol–water partition coefficient (Wildman–Crippen LogP) is 1.91. The molecule has 5 nitrogen and oxygen atoms in total. The van der Waals surface area contributed by atoms with Crippen molar-refractivity contribution in [1.82, 2.24) is 9.21 Å². The van der Waals surface area contributed by atoms with E-state index in [9.17, 15) is 8.42 Å². The summed E-state index contributed by atoms with van der Waals surface area (Å²) in [5.74, 6) is 1.77. The molecule has 0 amide bonds. The fourth-order valence-electron chi connectivity index (χ4n) is 5.02. The van der Waals surface area contributed by atoms with Gasteiger partial charge >= 0.3 is 0 Å². The molecule has 1 aromatic carbocycles. The Morgan fingerprint density at radius 1 is 1.21 bits per heavy atom. The van der Waals surface area contributed by atoms with E-state index in [2.05, 4.69) is 17.0 Å². The van der Waals surface area contributed by atoms with Crippen molar-refractivity contribution in [3.8, 4) is 5.75 Å². The molecule has 24 heavy (non-hydrogen) atoms. The molecule has 2 bridgehead atoms. The summed E-state index contributed by atoms with van der Waals surface area (Å²) in [5, 5.41) is 0. The van der Waals surface area contributed by atoms with Gasteiger partial charge in [0.1, 0.15) is 5.75 Å². The molecule has 0 unspecified atom stereocenters. The minimum absolute atomic E-state index is 0.147. The molecule has 0 aromatic heterocycles. The largest absolute Gasteiger partial charge is 0.497 e. The van der Waals surface area contributed by atoms with Gasteiger partial charge in [-0.25, -0.2) is 8.42 Å². The van der Waals surface area contributed by atoms with Crippen molar-refractivity contribution in [1.29, 1.82) is 0 Å². The van der Waals surface area contributed by atoms with Crippen LogP contribution in [0.1, 0.15) is 31.2 Å². The van der Waals surface area contributed by atoms with Crippen molar-refractivity contribution >= 4 is 10.0 Å². The Bertz CT molecular complexity index is 713. The molecule has 6 heteroatoms. The minimum atomic E-state index is -3.17. The Hall–Kier alpha value is -1.11. The van der Waals surface area contributed by atoms with Crippen LogP contribution in [0.3, 0.4) is 0 Å². The van der Waals surface area contributed by atoms with Gasteiger partial charge in [-0.15, -0.1) is 0 Å². The summed E-state index contributed by atoms with van der Waals surface area (Å²) in [5.41, 5.74) is 1.20. The van der Waals surface area contributed by atoms with Crippen molar-refractivity contribution < 1.29 is 13.2 Å². The normalized spacial score (nSPS) is 35.8. The number of benzene rings is 1. The molecule has 1 aromatic rings. The Balaban J connectivity index is 1.75. The van der Waals surface area contributed by atoms with E-state index in [0.717, 1.165) is 31.7 Å². The molecular formula is C18H26N2O3S. The molecule has 3 atom stereocenters. The van der Waals surface area contributed by atoms with Gasteiger partial charge < -0.3 is 4.74 Å². The third kappa shape index (κ3) is 2.47. The van der Waals surface area contributed by atoms with E-state index in [-0.39, 0.29) is 17.7 Å². The van der Waals surface area contributed by atoms with Crippen molar-refractivity contribution in [2.24, 2.45) is 5.92 Å². The van der Waals surface area contributed by atoms with Gasteiger partial charge in [0, 0.05) is 24.5 Å². The van der Waals surface area contributed by atoms with E-state index in [1.165, 1.54) is 5.56 Å². The van der Waals surface area contributed by atoms with E-state index < -0.39 is 10.0 Å². The van der Waals surface area contributed by atoms with Crippen molar-refractivity contribution in [3.05, 3.63) is 29.8 Å². The number of fused-ring (bicyclic) bond motifs is 2. The number of hydrogen-bond acceptors (Lipinski definition) is 4. The minimum Gasteiger partial charge on any atom is -0.497 e. The van der Waals surface area contributed by atoms with Crippen LogP contribution in [-0.4, -0.2) is 62.2 Å². The number of ether oxygens (including phenoxy) is 1. The quantitative estimate of drug-likeness (QED) is 0.832.